The van der Waals surface area contributed by atoms with Crippen molar-refractivity contribution < 1.29 is 9.59 Å². The highest BCUT2D eigenvalue weighted by Crippen LogP contribution is 2.68. The maximum atomic E-state index is 13.6. The molecule has 166 valence electrons. The van der Waals surface area contributed by atoms with Crippen LogP contribution in [0.3, 0.4) is 0 Å². The van der Waals surface area contributed by atoms with E-state index in [2.05, 4.69) is 4.98 Å². The van der Waals surface area contributed by atoms with Crippen molar-refractivity contribution in [2.45, 2.75) is 22.6 Å². The number of carbonyl (C=O) groups excluding carboxylic acids is 2. The summed E-state index contributed by atoms with van der Waals surface area (Å²) < 4.78 is 0. The monoisotopic (exact) mass is 494 g/mol. The fourth-order valence-corrected chi connectivity index (χ4v) is 9.91. The van der Waals surface area contributed by atoms with Gasteiger partial charge in [-0.15, -0.1) is 11.8 Å². The Morgan fingerprint density at radius 1 is 0.909 bits per heavy atom. The molecule has 5 nitrogen and oxygen atoms in total. The van der Waals surface area contributed by atoms with Gasteiger partial charge >= 0.3 is 4.87 Å². The van der Waals surface area contributed by atoms with Crippen molar-refractivity contribution in [3.05, 3.63) is 79.7 Å². The summed E-state index contributed by atoms with van der Waals surface area (Å²) in [5.74, 6) is -0.192. The number of anilines is 1. The number of thioether (sulfide) groups is 1. The van der Waals surface area contributed by atoms with Gasteiger partial charge in [0.15, 0.2) is 0 Å². The number of H-pyrrole nitrogens is 1. The van der Waals surface area contributed by atoms with Crippen LogP contribution in [0.5, 0.6) is 0 Å². The summed E-state index contributed by atoms with van der Waals surface area (Å²) in [5, 5.41) is 1.79. The number of carbonyl (C=O) groups is 2. The van der Waals surface area contributed by atoms with E-state index in [1.807, 2.05) is 54.6 Å². The molecule has 7 atom stereocenters. The van der Waals surface area contributed by atoms with Gasteiger partial charge in [-0.1, -0.05) is 53.3 Å². The van der Waals surface area contributed by atoms with Crippen LogP contribution in [-0.2, 0) is 9.59 Å². The number of para-hydroxylation sites is 1. The van der Waals surface area contributed by atoms with Crippen molar-refractivity contribution in [3.63, 3.8) is 0 Å². The summed E-state index contributed by atoms with van der Waals surface area (Å²) in [7, 11) is 0. The predicted octanol–water partition coefficient (Wildman–Crippen LogP) is 4.77. The number of hydrogen-bond acceptors (Lipinski definition) is 5. The Labute approximate surface area is 203 Å². The average molecular weight is 495 g/mol. The normalized spacial score (nSPS) is 33.8. The number of imide groups is 1. The van der Waals surface area contributed by atoms with Crippen LogP contribution in [0.25, 0.3) is 0 Å². The highest BCUT2D eigenvalue weighted by Gasteiger charge is 2.69. The molecule has 2 aromatic carbocycles. The van der Waals surface area contributed by atoms with Crippen LogP contribution in [0.1, 0.15) is 22.8 Å². The molecular formula is C25H19ClN2O3S2. The molecule has 2 aliphatic carbocycles. The molecule has 0 radical (unpaired) electrons. The molecule has 2 bridgehead atoms. The van der Waals surface area contributed by atoms with Gasteiger partial charge in [-0.05, 0) is 54.0 Å². The minimum Gasteiger partial charge on any atom is -0.307 e. The highest BCUT2D eigenvalue weighted by atomic mass is 35.5. The molecule has 4 aliphatic rings. The van der Waals surface area contributed by atoms with Gasteiger partial charge in [0, 0.05) is 21.1 Å². The third-order valence-electron chi connectivity index (χ3n) is 7.97. The molecule has 1 aromatic heterocycles. The van der Waals surface area contributed by atoms with E-state index >= 15 is 0 Å². The summed E-state index contributed by atoms with van der Waals surface area (Å²) in [6.07, 6.45) is 0.890. The smallest absolute Gasteiger partial charge is 0.305 e. The summed E-state index contributed by atoms with van der Waals surface area (Å²) >= 11 is 9.15. The van der Waals surface area contributed by atoms with Gasteiger partial charge in [-0.25, -0.2) is 0 Å². The van der Waals surface area contributed by atoms with Gasteiger partial charge < -0.3 is 4.98 Å². The van der Waals surface area contributed by atoms with Crippen LogP contribution in [0.15, 0.2) is 64.4 Å². The quantitative estimate of drug-likeness (QED) is 0.521. The first-order valence-electron chi connectivity index (χ1n) is 11.1. The molecule has 33 heavy (non-hydrogen) atoms. The van der Waals surface area contributed by atoms with Crippen LogP contribution >= 0.6 is 34.7 Å². The number of halogens is 1. The molecule has 0 unspecified atom stereocenters. The van der Waals surface area contributed by atoms with E-state index in [9.17, 15) is 14.4 Å². The summed E-state index contributed by atoms with van der Waals surface area (Å²) in [6, 6.07) is 17.1. The lowest BCUT2D eigenvalue weighted by Gasteiger charge is -2.43. The second-order valence-electron chi connectivity index (χ2n) is 9.36. The van der Waals surface area contributed by atoms with Crippen molar-refractivity contribution >= 4 is 52.2 Å². The van der Waals surface area contributed by atoms with Gasteiger partial charge in [0.2, 0.25) is 11.8 Å². The van der Waals surface area contributed by atoms with Crippen molar-refractivity contribution in [1.29, 1.82) is 0 Å². The maximum Gasteiger partial charge on any atom is 0.305 e. The number of aromatic nitrogens is 1. The van der Waals surface area contributed by atoms with Gasteiger partial charge in [0.1, 0.15) is 0 Å². The molecule has 2 amide bonds. The van der Waals surface area contributed by atoms with Crippen LogP contribution in [0.2, 0.25) is 5.02 Å². The van der Waals surface area contributed by atoms with Crippen LogP contribution in [0.4, 0.5) is 5.69 Å². The van der Waals surface area contributed by atoms with E-state index in [0.29, 0.717) is 10.7 Å². The first kappa shape index (κ1) is 20.1. The van der Waals surface area contributed by atoms with E-state index in [0.717, 1.165) is 21.9 Å². The number of rotatable bonds is 2. The zero-order chi connectivity index (χ0) is 22.4. The number of hydrogen-bond donors (Lipinski definition) is 1. The maximum absolute atomic E-state index is 13.6. The molecule has 2 saturated carbocycles. The summed E-state index contributed by atoms with van der Waals surface area (Å²) in [5.41, 5.74) is 1.78. The molecule has 3 aromatic rings. The van der Waals surface area contributed by atoms with Crippen molar-refractivity contribution in [2.75, 3.05) is 4.90 Å². The number of fused-ring (bicyclic) bond motifs is 9. The molecule has 0 spiro atoms. The largest absolute Gasteiger partial charge is 0.307 e. The van der Waals surface area contributed by atoms with Crippen LogP contribution < -0.4 is 9.77 Å². The Hall–Kier alpha value is -2.35. The Morgan fingerprint density at radius 2 is 1.61 bits per heavy atom. The fourth-order valence-electron chi connectivity index (χ4n) is 6.89. The highest BCUT2D eigenvalue weighted by molar-refractivity contribution is 8.00. The van der Waals surface area contributed by atoms with Crippen molar-refractivity contribution in [1.82, 2.24) is 4.98 Å². The minimum atomic E-state index is -0.281. The lowest BCUT2D eigenvalue weighted by Crippen LogP contribution is -2.42. The van der Waals surface area contributed by atoms with Crippen molar-refractivity contribution in [2.24, 2.45) is 29.6 Å². The summed E-state index contributed by atoms with van der Waals surface area (Å²) in [4.78, 5) is 44.9. The molecule has 7 rings (SSSR count). The fraction of sp³-hybridized carbons (Fsp3) is 0.320. The van der Waals surface area contributed by atoms with Crippen LogP contribution in [-0.4, -0.2) is 22.0 Å². The number of nitrogens with one attached hydrogen (secondary N) is 1. The summed E-state index contributed by atoms with van der Waals surface area (Å²) in [6.45, 7) is 0. The zero-order valence-corrected chi connectivity index (χ0v) is 19.7. The van der Waals surface area contributed by atoms with Gasteiger partial charge in [-0.2, -0.15) is 0 Å². The topological polar surface area (TPSA) is 70.2 Å². The van der Waals surface area contributed by atoms with E-state index in [1.54, 1.807) is 11.8 Å². The zero-order valence-electron chi connectivity index (χ0n) is 17.3. The lowest BCUT2D eigenvalue weighted by molar-refractivity contribution is -0.123. The standard InChI is InChI=1S/C25H19ClN2O3S2/c26-12-8-6-11(7-9-12)16-17-14-10-15(20(17)32-22-21(16)33-25(31)27-22)19-18(14)23(29)28(24(19)30)13-4-2-1-3-5-13/h1-9,14-20H,10H2,(H,27,31)/t14-,15-,16-,17-,18-,19+,20-/m1/s1. The first-order valence-corrected chi connectivity index (χ1v) is 13.2. The van der Waals surface area contributed by atoms with Gasteiger partial charge in [0.05, 0.1) is 22.5 Å². The Kier molecular flexibility index (Phi) is 4.30. The molecule has 3 fully saturated rings. The lowest BCUT2D eigenvalue weighted by atomic mass is 9.68. The van der Waals surface area contributed by atoms with E-state index < -0.39 is 0 Å². The number of thiazole rings is 1. The molecule has 3 heterocycles. The molecular weight excluding hydrogens is 476 g/mol. The minimum absolute atomic E-state index is 0.0251. The van der Waals surface area contributed by atoms with Gasteiger partial charge in [-0.3, -0.25) is 19.3 Å². The Bertz CT molecular complexity index is 1350. The number of aromatic amines is 1. The Morgan fingerprint density at radius 3 is 2.33 bits per heavy atom. The molecule has 1 N–H and O–H groups in total. The first-order chi connectivity index (χ1) is 16.0. The van der Waals surface area contributed by atoms with Crippen molar-refractivity contribution in [3.8, 4) is 0 Å². The SMILES string of the molecule is O=C1[C@@H]2[C@@H]3C[C@@H]([C@H]4Sc5[nH]c(=O)sc5[C@H](c5ccc(Cl)cc5)[C@@H]34)[C@@H]2C(=O)N1c1ccccc1. The van der Waals surface area contributed by atoms with Gasteiger partial charge in [0.25, 0.3) is 0 Å². The van der Waals surface area contributed by atoms with Crippen LogP contribution in [0, 0.1) is 29.6 Å². The second-order valence-corrected chi connectivity index (χ2v) is 12.0. The molecule has 8 heteroatoms. The third-order valence-corrected chi connectivity index (χ3v) is 10.8. The number of benzene rings is 2. The number of nitrogens with zero attached hydrogens (tertiary/aromatic N) is 1. The third kappa shape index (κ3) is 2.70. The van der Waals surface area contributed by atoms with E-state index in [4.69, 9.17) is 11.6 Å². The second kappa shape index (κ2) is 7.08. The molecule has 1 saturated heterocycles. The Balaban J connectivity index is 1.34. The predicted molar refractivity (Wildman–Crippen MR) is 129 cm³/mol. The average Bonchev–Trinajstić information content (AvgIpc) is 3.54. The van der Waals surface area contributed by atoms with E-state index in [1.165, 1.54) is 16.2 Å². The number of amides is 2. The van der Waals surface area contributed by atoms with E-state index in [-0.39, 0.29) is 57.4 Å². The molecule has 2 aliphatic heterocycles.